The molecule has 0 rings (SSSR count). The van der Waals surface area contributed by atoms with Crippen LogP contribution in [-0.4, -0.2) is 72.5 Å². The standard InChI is InChI=1S/C6H15O8P/c7-1-3(8)5(10)6(11)4(9)2-15(12,13)14/h3-11H,1-2H2,(H2,12,13,14)/t3-,4+,5+,6+/m0/s1. The van der Waals surface area contributed by atoms with Crippen LogP contribution in [0.2, 0.25) is 0 Å². The van der Waals surface area contributed by atoms with E-state index in [2.05, 4.69) is 0 Å². The molecular weight excluding hydrogens is 231 g/mol. The van der Waals surface area contributed by atoms with Gasteiger partial charge in [0.05, 0.1) is 18.9 Å². The third-order valence-electron chi connectivity index (χ3n) is 1.75. The zero-order valence-electron chi connectivity index (χ0n) is 7.71. The molecule has 0 aromatic heterocycles. The maximum absolute atomic E-state index is 10.4. The summed E-state index contributed by atoms with van der Waals surface area (Å²) < 4.78 is 10.4. The molecule has 0 saturated heterocycles. The largest absolute Gasteiger partial charge is 0.394 e. The highest BCUT2D eigenvalue weighted by atomic mass is 31.2. The Hall–Kier alpha value is -0.0500. The Morgan fingerprint density at radius 2 is 1.33 bits per heavy atom. The summed E-state index contributed by atoms with van der Waals surface area (Å²) in [7, 11) is -4.52. The smallest absolute Gasteiger partial charge is 0.328 e. The number of hydrogen-bond donors (Lipinski definition) is 7. The van der Waals surface area contributed by atoms with Crippen molar-refractivity contribution < 1.29 is 39.9 Å². The van der Waals surface area contributed by atoms with Crippen LogP contribution in [0.4, 0.5) is 0 Å². The quantitative estimate of drug-likeness (QED) is 0.239. The van der Waals surface area contributed by atoms with E-state index in [4.69, 9.17) is 35.3 Å². The van der Waals surface area contributed by atoms with Crippen molar-refractivity contribution in [2.75, 3.05) is 12.8 Å². The van der Waals surface area contributed by atoms with Crippen LogP contribution >= 0.6 is 7.60 Å². The fraction of sp³-hybridized carbons (Fsp3) is 1.00. The minimum atomic E-state index is -4.52. The van der Waals surface area contributed by atoms with Crippen LogP contribution in [0.25, 0.3) is 0 Å². The van der Waals surface area contributed by atoms with Gasteiger partial charge in [-0.05, 0) is 0 Å². The van der Waals surface area contributed by atoms with E-state index in [0.717, 1.165) is 0 Å². The van der Waals surface area contributed by atoms with Crippen LogP contribution in [-0.2, 0) is 4.57 Å². The van der Waals surface area contributed by atoms with E-state index in [-0.39, 0.29) is 0 Å². The highest BCUT2D eigenvalue weighted by Gasteiger charge is 2.33. The van der Waals surface area contributed by atoms with Crippen LogP contribution in [0.3, 0.4) is 0 Å². The molecule has 0 unspecified atom stereocenters. The summed E-state index contributed by atoms with van der Waals surface area (Å²) in [5.74, 6) is 0. The number of rotatable bonds is 6. The minimum Gasteiger partial charge on any atom is -0.394 e. The molecule has 15 heavy (non-hydrogen) atoms. The van der Waals surface area contributed by atoms with Gasteiger partial charge in [0.15, 0.2) is 0 Å². The predicted octanol–water partition coefficient (Wildman–Crippen LogP) is -3.40. The van der Waals surface area contributed by atoms with Crippen molar-refractivity contribution in [1.29, 1.82) is 0 Å². The molecule has 4 atom stereocenters. The molecule has 0 spiro atoms. The van der Waals surface area contributed by atoms with E-state index in [1.165, 1.54) is 0 Å². The van der Waals surface area contributed by atoms with Gasteiger partial charge in [-0.3, -0.25) is 4.57 Å². The molecule has 9 heteroatoms. The molecule has 0 fully saturated rings. The Balaban J connectivity index is 4.31. The van der Waals surface area contributed by atoms with Crippen molar-refractivity contribution in [3.8, 4) is 0 Å². The first-order valence-corrected chi connectivity index (χ1v) is 5.86. The van der Waals surface area contributed by atoms with Crippen molar-refractivity contribution in [1.82, 2.24) is 0 Å². The summed E-state index contributed by atoms with van der Waals surface area (Å²) in [6.45, 7) is -0.846. The number of hydrogen-bond acceptors (Lipinski definition) is 6. The van der Waals surface area contributed by atoms with Crippen molar-refractivity contribution in [3.63, 3.8) is 0 Å². The topological polar surface area (TPSA) is 159 Å². The molecule has 8 nitrogen and oxygen atoms in total. The lowest BCUT2D eigenvalue weighted by atomic mass is 10.0. The van der Waals surface area contributed by atoms with E-state index in [1.54, 1.807) is 0 Å². The summed E-state index contributed by atoms with van der Waals surface area (Å²) in [6.07, 6.45) is -8.44. The Morgan fingerprint density at radius 3 is 1.67 bits per heavy atom. The lowest BCUT2D eigenvalue weighted by Crippen LogP contribution is -2.46. The second-order valence-corrected chi connectivity index (χ2v) is 4.84. The van der Waals surface area contributed by atoms with Crippen LogP contribution in [0.5, 0.6) is 0 Å². The number of aliphatic hydroxyl groups is 5. The van der Waals surface area contributed by atoms with Crippen molar-refractivity contribution in [2.45, 2.75) is 24.4 Å². The Kier molecular flexibility index (Phi) is 5.86. The van der Waals surface area contributed by atoms with E-state index in [9.17, 15) is 4.57 Å². The molecule has 0 saturated carbocycles. The lowest BCUT2D eigenvalue weighted by molar-refractivity contribution is -0.110. The molecule has 0 radical (unpaired) electrons. The third-order valence-corrected chi connectivity index (χ3v) is 2.60. The Bertz CT molecular complexity index is 227. The summed E-state index contributed by atoms with van der Waals surface area (Å²) in [6, 6.07) is 0. The van der Waals surface area contributed by atoms with E-state index in [0.29, 0.717) is 0 Å². The molecule has 7 N–H and O–H groups in total. The van der Waals surface area contributed by atoms with Crippen LogP contribution in [0, 0.1) is 0 Å². The first kappa shape index (κ1) is 14.9. The van der Waals surface area contributed by atoms with Gasteiger partial charge in [0.1, 0.15) is 18.3 Å². The molecule has 0 aromatic rings. The maximum Gasteiger partial charge on any atom is 0.328 e. The highest BCUT2D eigenvalue weighted by molar-refractivity contribution is 7.51. The fourth-order valence-electron chi connectivity index (χ4n) is 0.915. The predicted molar refractivity (Wildman–Crippen MR) is 48.0 cm³/mol. The average Bonchev–Trinajstić information content (AvgIpc) is 2.11. The van der Waals surface area contributed by atoms with Gasteiger partial charge in [-0.25, -0.2) is 0 Å². The first-order valence-electron chi connectivity index (χ1n) is 4.06. The van der Waals surface area contributed by atoms with E-state index >= 15 is 0 Å². The van der Waals surface area contributed by atoms with Gasteiger partial charge in [-0.15, -0.1) is 0 Å². The maximum atomic E-state index is 10.4. The van der Waals surface area contributed by atoms with E-state index in [1.807, 2.05) is 0 Å². The second-order valence-electron chi connectivity index (χ2n) is 3.15. The van der Waals surface area contributed by atoms with Crippen molar-refractivity contribution >= 4 is 7.60 Å². The van der Waals surface area contributed by atoms with Gasteiger partial charge in [-0.1, -0.05) is 0 Å². The molecule has 0 aliphatic carbocycles. The zero-order valence-corrected chi connectivity index (χ0v) is 8.60. The van der Waals surface area contributed by atoms with Crippen molar-refractivity contribution in [2.24, 2.45) is 0 Å². The van der Waals surface area contributed by atoms with Gasteiger partial charge < -0.3 is 35.3 Å². The van der Waals surface area contributed by atoms with Gasteiger partial charge >= 0.3 is 7.60 Å². The molecule has 0 bridgehead atoms. The van der Waals surface area contributed by atoms with Gasteiger partial charge in [0.2, 0.25) is 0 Å². The van der Waals surface area contributed by atoms with Gasteiger partial charge in [0, 0.05) is 0 Å². The minimum absolute atomic E-state index is 0.846. The van der Waals surface area contributed by atoms with Crippen LogP contribution in [0.15, 0.2) is 0 Å². The Labute approximate surface area is 85.6 Å². The molecule has 92 valence electrons. The fourth-order valence-corrected chi connectivity index (χ4v) is 1.62. The molecular formula is C6H15O8P. The van der Waals surface area contributed by atoms with Crippen LogP contribution in [0.1, 0.15) is 0 Å². The van der Waals surface area contributed by atoms with Crippen molar-refractivity contribution in [3.05, 3.63) is 0 Å². The average molecular weight is 246 g/mol. The summed E-state index contributed by atoms with van der Waals surface area (Å²) in [5, 5.41) is 44.6. The second kappa shape index (κ2) is 5.88. The summed E-state index contributed by atoms with van der Waals surface area (Å²) in [4.78, 5) is 16.9. The first-order chi connectivity index (χ1) is 6.69. The molecule has 0 heterocycles. The third kappa shape index (κ3) is 5.55. The SMILES string of the molecule is O=P(O)(O)C[C@@H](O)[C@@H](O)[C@H](O)[C@@H](O)CO. The molecule has 0 aliphatic rings. The summed E-state index contributed by atoms with van der Waals surface area (Å²) >= 11 is 0. The molecule has 0 amide bonds. The highest BCUT2D eigenvalue weighted by Crippen LogP contribution is 2.35. The van der Waals surface area contributed by atoms with E-state index < -0.39 is 44.8 Å². The lowest BCUT2D eigenvalue weighted by Gasteiger charge is -2.25. The number of aliphatic hydroxyl groups excluding tert-OH is 5. The molecule has 0 aromatic carbocycles. The van der Waals surface area contributed by atoms with Gasteiger partial charge in [-0.2, -0.15) is 0 Å². The van der Waals surface area contributed by atoms with Crippen LogP contribution < -0.4 is 0 Å². The Morgan fingerprint density at radius 1 is 0.933 bits per heavy atom. The van der Waals surface area contributed by atoms with Gasteiger partial charge in [0.25, 0.3) is 0 Å². The normalized spacial score (nSPS) is 20.7. The zero-order chi connectivity index (χ0) is 12.2. The monoisotopic (exact) mass is 246 g/mol. The summed E-state index contributed by atoms with van der Waals surface area (Å²) in [5.41, 5.74) is 0. The molecule has 0 aliphatic heterocycles.